The number of hydrogen-bond donors (Lipinski definition) is 1. The number of aliphatic hydroxyl groups excluding tert-OH is 1. The minimum absolute atomic E-state index is 0.152. The van der Waals surface area contributed by atoms with Gasteiger partial charge in [-0.25, -0.2) is 8.42 Å². The third kappa shape index (κ3) is 2.84. The topological polar surface area (TPSA) is 70.8 Å². The fraction of sp³-hybridized carbons (Fsp3) is 0.667. The Hall–Kier alpha value is -0.500. The van der Waals surface area contributed by atoms with Crippen LogP contribution in [-0.2, 0) is 16.6 Å². The van der Waals surface area contributed by atoms with Crippen molar-refractivity contribution < 1.29 is 17.9 Å². The van der Waals surface area contributed by atoms with Crippen molar-refractivity contribution in [1.29, 1.82) is 0 Å². The highest BCUT2D eigenvalue weighted by molar-refractivity contribution is 7.99. The van der Waals surface area contributed by atoms with E-state index >= 15 is 0 Å². The summed E-state index contributed by atoms with van der Waals surface area (Å²) in [5.74, 6) is 2.63. The second-order valence-electron chi connectivity index (χ2n) is 4.55. The Kier molecular flexibility index (Phi) is 4.60. The van der Waals surface area contributed by atoms with Crippen molar-refractivity contribution in [1.82, 2.24) is 4.31 Å². The molecule has 108 valence electrons. The number of furan rings is 1. The zero-order valence-electron chi connectivity index (χ0n) is 11.2. The first kappa shape index (κ1) is 14.9. The number of sulfonamides is 1. The predicted octanol–water partition coefficient (Wildman–Crippen LogP) is 1.52. The fourth-order valence-electron chi connectivity index (χ4n) is 2.32. The van der Waals surface area contributed by atoms with E-state index in [1.807, 2.05) is 0 Å². The Morgan fingerprint density at radius 3 is 2.68 bits per heavy atom. The van der Waals surface area contributed by atoms with Crippen molar-refractivity contribution in [2.24, 2.45) is 0 Å². The maximum atomic E-state index is 12.7. The molecule has 1 fully saturated rings. The van der Waals surface area contributed by atoms with Crippen molar-refractivity contribution in [3.8, 4) is 0 Å². The van der Waals surface area contributed by atoms with E-state index in [0.717, 1.165) is 17.9 Å². The van der Waals surface area contributed by atoms with Gasteiger partial charge < -0.3 is 9.52 Å². The highest BCUT2D eigenvalue weighted by atomic mass is 32.2. The summed E-state index contributed by atoms with van der Waals surface area (Å²) in [6.45, 7) is 4.03. The lowest BCUT2D eigenvalue weighted by Crippen LogP contribution is -2.33. The second kappa shape index (κ2) is 5.87. The van der Waals surface area contributed by atoms with E-state index < -0.39 is 10.0 Å². The van der Waals surface area contributed by atoms with Crippen molar-refractivity contribution >= 4 is 21.8 Å². The molecule has 1 aromatic rings. The highest BCUT2D eigenvalue weighted by Gasteiger charge is 2.32. The number of aliphatic hydroxyl groups is 1. The van der Waals surface area contributed by atoms with Crippen LogP contribution in [0.1, 0.15) is 23.5 Å². The molecule has 5 nitrogen and oxygen atoms in total. The molecule has 0 atom stereocenters. The quantitative estimate of drug-likeness (QED) is 0.916. The van der Waals surface area contributed by atoms with E-state index in [1.54, 1.807) is 25.6 Å². The number of hydrogen-bond acceptors (Lipinski definition) is 5. The summed E-state index contributed by atoms with van der Waals surface area (Å²) in [6, 6.07) is 0. The summed E-state index contributed by atoms with van der Waals surface area (Å²) in [5, 5.41) is 9.38. The Morgan fingerprint density at radius 2 is 2.00 bits per heavy atom. The molecule has 1 aliphatic heterocycles. The zero-order chi connectivity index (χ0) is 14.0. The first-order chi connectivity index (χ1) is 8.98. The Morgan fingerprint density at radius 1 is 1.26 bits per heavy atom. The van der Waals surface area contributed by atoms with Crippen LogP contribution in [-0.4, -0.2) is 42.4 Å². The van der Waals surface area contributed by atoms with Crippen LogP contribution < -0.4 is 0 Å². The fourth-order valence-corrected chi connectivity index (χ4v) is 5.21. The van der Waals surface area contributed by atoms with Crippen LogP contribution in [0.3, 0.4) is 0 Å². The zero-order valence-corrected chi connectivity index (χ0v) is 12.8. The van der Waals surface area contributed by atoms with Crippen LogP contribution >= 0.6 is 11.8 Å². The minimum atomic E-state index is -3.57. The van der Waals surface area contributed by atoms with Gasteiger partial charge in [0.05, 0.1) is 6.61 Å². The Bertz CT molecular complexity index is 542. The van der Waals surface area contributed by atoms with Gasteiger partial charge in [-0.15, -0.1) is 0 Å². The van der Waals surface area contributed by atoms with Gasteiger partial charge in [-0.1, -0.05) is 0 Å². The van der Waals surface area contributed by atoms with Gasteiger partial charge in [0, 0.05) is 24.4 Å². The van der Waals surface area contributed by atoms with Crippen LogP contribution in [0.4, 0.5) is 0 Å². The molecule has 0 unspecified atom stereocenters. The molecular formula is C12H19NO4S2. The van der Waals surface area contributed by atoms with E-state index in [2.05, 4.69) is 0 Å². The Labute approximate surface area is 118 Å². The van der Waals surface area contributed by atoms with Gasteiger partial charge >= 0.3 is 0 Å². The van der Waals surface area contributed by atoms with E-state index in [1.165, 1.54) is 4.31 Å². The third-order valence-electron chi connectivity index (χ3n) is 3.26. The number of aryl methyl sites for hydroxylation is 2. The summed E-state index contributed by atoms with van der Waals surface area (Å²) >= 11 is 1.77. The van der Waals surface area contributed by atoms with Crippen LogP contribution in [0.25, 0.3) is 0 Å². The van der Waals surface area contributed by atoms with Gasteiger partial charge in [-0.2, -0.15) is 16.1 Å². The summed E-state index contributed by atoms with van der Waals surface area (Å²) < 4.78 is 32.3. The first-order valence-corrected chi connectivity index (χ1v) is 8.85. The molecule has 0 aromatic carbocycles. The maximum absolute atomic E-state index is 12.7. The van der Waals surface area contributed by atoms with E-state index in [0.29, 0.717) is 30.2 Å². The molecule has 1 N–H and O–H groups in total. The molecule has 1 saturated heterocycles. The lowest BCUT2D eigenvalue weighted by molar-refractivity contribution is 0.276. The molecule has 19 heavy (non-hydrogen) atoms. The largest absolute Gasteiger partial charge is 0.465 e. The predicted molar refractivity (Wildman–Crippen MR) is 74.8 cm³/mol. The first-order valence-electron chi connectivity index (χ1n) is 6.26. The molecule has 7 heteroatoms. The SMILES string of the molecule is Cc1oc(C)c(S(=O)(=O)N2CCCSCC2)c1CO. The van der Waals surface area contributed by atoms with Crippen molar-refractivity contribution in [3.63, 3.8) is 0 Å². The molecule has 2 rings (SSSR count). The molecule has 2 heterocycles. The average Bonchev–Trinajstić information content (AvgIpc) is 2.58. The molecule has 1 aromatic heterocycles. The maximum Gasteiger partial charge on any atom is 0.246 e. The van der Waals surface area contributed by atoms with Gasteiger partial charge in [-0.05, 0) is 26.0 Å². The van der Waals surface area contributed by atoms with Gasteiger partial charge in [0.1, 0.15) is 16.4 Å². The summed E-state index contributed by atoms with van der Waals surface area (Å²) in [6.07, 6.45) is 0.855. The second-order valence-corrected chi connectivity index (χ2v) is 7.65. The van der Waals surface area contributed by atoms with Crippen molar-refractivity contribution in [2.45, 2.75) is 31.8 Å². The lowest BCUT2D eigenvalue weighted by Gasteiger charge is -2.19. The van der Waals surface area contributed by atoms with Crippen LogP contribution in [0, 0.1) is 13.8 Å². The number of rotatable bonds is 3. The van der Waals surface area contributed by atoms with E-state index in [-0.39, 0.29) is 11.5 Å². The molecule has 0 bridgehead atoms. The third-order valence-corrected chi connectivity index (χ3v) is 6.41. The molecule has 0 saturated carbocycles. The van der Waals surface area contributed by atoms with Gasteiger partial charge in [0.15, 0.2) is 0 Å². The summed E-state index contributed by atoms with van der Waals surface area (Å²) in [5.41, 5.74) is 0.384. The van der Waals surface area contributed by atoms with Gasteiger partial charge in [0.2, 0.25) is 10.0 Å². The van der Waals surface area contributed by atoms with Crippen LogP contribution in [0.15, 0.2) is 9.31 Å². The molecule has 0 radical (unpaired) electrons. The van der Waals surface area contributed by atoms with Gasteiger partial charge in [-0.3, -0.25) is 0 Å². The van der Waals surface area contributed by atoms with Crippen LogP contribution in [0.2, 0.25) is 0 Å². The van der Waals surface area contributed by atoms with Gasteiger partial charge in [0.25, 0.3) is 0 Å². The van der Waals surface area contributed by atoms with E-state index in [9.17, 15) is 13.5 Å². The minimum Gasteiger partial charge on any atom is -0.465 e. The normalized spacial score (nSPS) is 18.5. The smallest absolute Gasteiger partial charge is 0.246 e. The van der Waals surface area contributed by atoms with E-state index in [4.69, 9.17) is 4.42 Å². The Balaban J connectivity index is 2.43. The standard InChI is InChI=1S/C12H19NO4S2/c1-9-11(8-14)12(10(2)17-9)19(15,16)13-4-3-6-18-7-5-13/h14H,3-8H2,1-2H3. The molecule has 0 amide bonds. The molecule has 1 aliphatic rings. The molecular weight excluding hydrogens is 286 g/mol. The number of nitrogens with zero attached hydrogens (tertiary/aromatic N) is 1. The molecule has 0 aliphatic carbocycles. The highest BCUT2D eigenvalue weighted by Crippen LogP contribution is 2.30. The number of thioether (sulfide) groups is 1. The average molecular weight is 305 g/mol. The van der Waals surface area contributed by atoms with Crippen molar-refractivity contribution in [3.05, 3.63) is 17.1 Å². The summed E-state index contributed by atoms with van der Waals surface area (Å²) in [4.78, 5) is 0.152. The van der Waals surface area contributed by atoms with Crippen LogP contribution in [0.5, 0.6) is 0 Å². The monoisotopic (exact) mass is 305 g/mol. The lowest BCUT2D eigenvalue weighted by atomic mass is 10.2. The summed E-state index contributed by atoms with van der Waals surface area (Å²) in [7, 11) is -3.57. The van der Waals surface area contributed by atoms with Crippen molar-refractivity contribution in [2.75, 3.05) is 24.6 Å². The molecule has 0 spiro atoms.